The zero-order chi connectivity index (χ0) is 25.0. The molecule has 0 aliphatic heterocycles. The summed E-state index contributed by atoms with van der Waals surface area (Å²) in [5.41, 5.74) is 6.65. The Hall–Kier alpha value is -2.59. The average Bonchev–Trinajstić information content (AvgIpc) is 2.76. The predicted octanol–water partition coefficient (Wildman–Crippen LogP) is 0.915. The van der Waals surface area contributed by atoms with Crippen molar-refractivity contribution in [2.75, 3.05) is 12.0 Å². The summed E-state index contributed by atoms with van der Waals surface area (Å²) in [6.45, 7) is 5.23. The number of amides is 3. The Morgan fingerprint density at radius 1 is 0.939 bits per heavy atom. The first-order valence-corrected chi connectivity index (χ1v) is 12.4. The second-order valence-corrected chi connectivity index (χ2v) is 9.38. The van der Waals surface area contributed by atoms with Gasteiger partial charge in [0.15, 0.2) is 0 Å². The van der Waals surface area contributed by atoms with Crippen molar-refractivity contribution in [2.45, 2.75) is 64.2 Å². The summed E-state index contributed by atoms with van der Waals surface area (Å²) in [7, 11) is 0. The zero-order valence-corrected chi connectivity index (χ0v) is 20.5. The van der Waals surface area contributed by atoms with E-state index in [4.69, 9.17) is 5.73 Å². The average molecular weight is 481 g/mol. The maximum atomic E-state index is 13.0. The third kappa shape index (κ3) is 10.7. The Morgan fingerprint density at radius 3 is 2.09 bits per heavy atom. The van der Waals surface area contributed by atoms with Crippen LogP contribution in [0, 0.1) is 5.92 Å². The van der Waals surface area contributed by atoms with Crippen LogP contribution in [0.1, 0.15) is 39.2 Å². The Balaban J connectivity index is 2.90. The highest BCUT2D eigenvalue weighted by Gasteiger charge is 2.29. The molecule has 33 heavy (non-hydrogen) atoms. The normalized spacial score (nSPS) is 14.6. The van der Waals surface area contributed by atoms with E-state index in [0.717, 1.165) is 11.3 Å². The molecule has 184 valence electrons. The van der Waals surface area contributed by atoms with Crippen LogP contribution < -0.4 is 21.7 Å². The van der Waals surface area contributed by atoms with Crippen molar-refractivity contribution >= 4 is 35.5 Å². The number of rotatable bonds is 14. The van der Waals surface area contributed by atoms with Crippen LogP contribution in [0.25, 0.3) is 0 Å². The molecule has 0 fully saturated rings. The highest BCUT2D eigenvalue weighted by molar-refractivity contribution is 7.98. The predicted molar refractivity (Wildman–Crippen MR) is 130 cm³/mol. The van der Waals surface area contributed by atoms with Crippen molar-refractivity contribution in [1.29, 1.82) is 0 Å². The standard InChI is InChI=1S/C23H36N4O5S/c1-14(2)12-19(23(31)32)27-22(30)18(13-16-8-6-5-7-9-16)26-20(28)15(3)25-21(29)17(24)10-11-33-4/h5-9,14-15,17-19H,10-13,24H2,1-4H3,(H,25,29)(H,26,28)(H,27,30)(H,31,32). The summed E-state index contributed by atoms with van der Waals surface area (Å²) in [6, 6.07) is 5.33. The number of carbonyl (C=O) groups excluding carboxylic acids is 3. The van der Waals surface area contributed by atoms with Crippen LogP contribution in [0.3, 0.4) is 0 Å². The number of nitrogens with one attached hydrogen (secondary N) is 3. The van der Waals surface area contributed by atoms with Crippen molar-refractivity contribution in [3.8, 4) is 0 Å². The fraction of sp³-hybridized carbons (Fsp3) is 0.565. The molecular weight excluding hydrogens is 444 g/mol. The van der Waals surface area contributed by atoms with E-state index >= 15 is 0 Å². The second kappa shape index (κ2) is 14.5. The molecule has 0 spiro atoms. The molecule has 10 heteroatoms. The number of hydrogen-bond donors (Lipinski definition) is 5. The van der Waals surface area contributed by atoms with E-state index in [0.29, 0.717) is 6.42 Å². The van der Waals surface area contributed by atoms with Crippen LogP contribution >= 0.6 is 11.8 Å². The van der Waals surface area contributed by atoms with Crippen LogP contribution in [0.4, 0.5) is 0 Å². The van der Waals surface area contributed by atoms with E-state index in [2.05, 4.69) is 16.0 Å². The molecule has 0 saturated heterocycles. The third-order valence-electron chi connectivity index (χ3n) is 4.96. The minimum Gasteiger partial charge on any atom is -0.480 e. The van der Waals surface area contributed by atoms with E-state index in [9.17, 15) is 24.3 Å². The van der Waals surface area contributed by atoms with Gasteiger partial charge < -0.3 is 26.8 Å². The first-order chi connectivity index (χ1) is 15.5. The first-order valence-electron chi connectivity index (χ1n) is 11.0. The van der Waals surface area contributed by atoms with Crippen LogP contribution in [0.5, 0.6) is 0 Å². The van der Waals surface area contributed by atoms with Crippen LogP contribution in [-0.4, -0.2) is 65.0 Å². The fourth-order valence-corrected chi connectivity index (χ4v) is 3.57. The Morgan fingerprint density at radius 2 is 1.55 bits per heavy atom. The molecule has 1 rings (SSSR count). The number of thioether (sulfide) groups is 1. The van der Waals surface area contributed by atoms with Gasteiger partial charge in [0.25, 0.3) is 0 Å². The molecule has 0 heterocycles. The monoisotopic (exact) mass is 480 g/mol. The van der Waals surface area contributed by atoms with Gasteiger partial charge >= 0.3 is 5.97 Å². The van der Waals surface area contributed by atoms with E-state index < -0.39 is 47.9 Å². The summed E-state index contributed by atoms with van der Waals surface area (Å²) >= 11 is 1.57. The minimum atomic E-state index is -1.14. The molecule has 9 nitrogen and oxygen atoms in total. The molecule has 0 aliphatic rings. The number of nitrogens with two attached hydrogens (primary N) is 1. The number of hydrogen-bond acceptors (Lipinski definition) is 6. The van der Waals surface area contributed by atoms with Gasteiger partial charge in [0.2, 0.25) is 17.7 Å². The third-order valence-corrected chi connectivity index (χ3v) is 5.60. The molecule has 0 saturated carbocycles. The molecule has 1 aromatic carbocycles. The maximum Gasteiger partial charge on any atom is 0.326 e. The number of carboxylic acid groups (broad SMARTS) is 1. The van der Waals surface area contributed by atoms with Gasteiger partial charge in [-0.25, -0.2) is 4.79 Å². The minimum absolute atomic E-state index is 0.0547. The van der Waals surface area contributed by atoms with Crippen molar-refractivity contribution in [2.24, 2.45) is 11.7 Å². The largest absolute Gasteiger partial charge is 0.480 e. The van der Waals surface area contributed by atoms with Gasteiger partial charge in [0.05, 0.1) is 6.04 Å². The van der Waals surface area contributed by atoms with E-state index in [-0.39, 0.29) is 18.8 Å². The van der Waals surface area contributed by atoms with Crippen molar-refractivity contribution < 1.29 is 24.3 Å². The summed E-state index contributed by atoms with van der Waals surface area (Å²) in [5.74, 6) is -1.97. The van der Waals surface area contributed by atoms with E-state index in [1.807, 2.05) is 50.4 Å². The second-order valence-electron chi connectivity index (χ2n) is 8.40. The van der Waals surface area contributed by atoms with E-state index in [1.54, 1.807) is 11.8 Å². The number of benzene rings is 1. The smallest absolute Gasteiger partial charge is 0.326 e. The lowest BCUT2D eigenvalue weighted by Crippen LogP contribution is -2.57. The van der Waals surface area contributed by atoms with Crippen molar-refractivity contribution in [1.82, 2.24) is 16.0 Å². The molecule has 0 aromatic heterocycles. The molecular formula is C23H36N4O5S. The topological polar surface area (TPSA) is 151 Å². The van der Waals surface area contributed by atoms with Gasteiger partial charge in [0, 0.05) is 6.42 Å². The SMILES string of the molecule is CSCCC(N)C(=O)NC(C)C(=O)NC(Cc1ccccc1)C(=O)NC(CC(C)C)C(=O)O. The van der Waals surface area contributed by atoms with Gasteiger partial charge in [-0.2, -0.15) is 11.8 Å². The molecule has 0 radical (unpaired) electrons. The van der Waals surface area contributed by atoms with Crippen molar-refractivity contribution in [3.05, 3.63) is 35.9 Å². The number of aliphatic carboxylic acids is 1. The molecule has 4 unspecified atom stereocenters. The Bertz CT molecular complexity index is 790. The highest BCUT2D eigenvalue weighted by atomic mass is 32.2. The first kappa shape index (κ1) is 28.4. The Labute approximate surface area is 199 Å². The quantitative estimate of drug-likeness (QED) is 0.266. The summed E-state index contributed by atoms with van der Waals surface area (Å²) in [5, 5.41) is 17.2. The Kier molecular flexibility index (Phi) is 12.5. The van der Waals surface area contributed by atoms with E-state index in [1.165, 1.54) is 6.92 Å². The number of carboxylic acids is 1. The van der Waals surface area contributed by atoms with Crippen LogP contribution in [-0.2, 0) is 25.6 Å². The highest BCUT2D eigenvalue weighted by Crippen LogP contribution is 2.08. The maximum absolute atomic E-state index is 13.0. The lowest BCUT2D eigenvalue weighted by atomic mass is 10.0. The molecule has 6 N–H and O–H groups in total. The van der Waals surface area contributed by atoms with Crippen LogP contribution in [0.2, 0.25) is 0 Å². The lowest BCUT2D eigenvalue weighted by molar-refractivity contribution is -0.142. The zero-order valence-electron chi connectivity index (χ0n) is 19.7. The fourth-order valence-electron chi connectivity index (χ4n) is 3.08. The summed E-state index contributed by atoms with van der Waals surface area (Å²) in [4.78, 5) is 49.5. The molecule has 3 amide bonds. The van der Waals surface area contributed by atoms with Gasteiger partial charge in [-0.05, 0) is 43.3 Å². The molecule has 0 aliphatic carbocycles. The summed E-state index contributed by atoms with van der Waals surface area (Å²) < 4.78 is 0. The summed E-state index contributed by atoms with van der Waals surface area (Å²) in [6.07, 6.45) is 2.81. The van der Waals surface area contributed by atoms with Crippen molar-refractivity contribution in [3.63, 3.8) is 0 Å². The van der Waals surface area contributed by atoms with Gasteiger partial charge in [-0.15, -0.1) is 0 Å². The molecule has 1 aromatic rings. The van der Waals surface area contributed by atoms with Crippen LogP contribution in [0.15, 0.2) is 30.3 Å². The lowest BCUT2D eigenvalue weighted by Gasteiger charge is -2.24. The molecule has 0 bridgehead atoms. The number of carbonyl (C=O) groups is 4. The van der Waals surface area contributed by atoms with Gasteiger partial charge in [0.1, 0.15) is 18.1 Å². The van der Waals surface area contributed by atoms with Gasteiger partial charge in [-0.1, -0.05) is 44.2 Å². The molecule has 4 atom stereocenters. The van der Waals surface area contributed by atoms with Gasteiger partial charge in [-0.3, -0.25) is 14.4 Å².